The van der Waals surface area contributed by atoms with Crippen molar-refractivity contribution in [1.82, 2.24) is 5.01 Å². The van der Waals surface area contributed by atoms with Gasteiger partial charge in [-0.1, -0.05) is 66.7 Å². The molecule has 0 amide bonds. The van der Waals surface area contributed by atoms with E-state index in [4.69, 9.17) is 10.1 Å². The Balaban J connectivity index is 1.98. The van der Waals surface area contributed by atoms with Crippen LogP contribution in [0.2, 0.25) is 0 Å². The molecule has 0 saturated carbocycles. The third-order valence-corrected chi connectivity index (χ3v) is 4.05. The maximum atomic E-state index is 10.1. The van der Waals surface area contributed by atoms with Crippen LogP contribution >= 0.6 is 0 Å². The number of nitriles is 1. The SMILES string of the molecule is N#C[C@@]1(c2ccccc2)N=C2C=CC=CN2N=C1c1ccccc1. The molecule has 4 nitrogen and oxygen atoms in total. The van der Waals surface area contributed by atoms with E-state index in [9.17, 15) is 5.26 Å². The first-order valence-electron chi connectivity index (χ1n) is 7.69. The van der Waals surface area contributed by atoms with Crippen molar-refractivity contribution in [3.05, 3.63) is 96.2 Å². The average molecular weight is 310 g/mol. The molecule has 1 atom stereocenters. The van der Waals surface area contributed by atoms with Gasteiger partial charge in [0.2, 0.25) is 5.54 Å². The van der Waals surface area contributed by atoms with Gasteiger partial charge in [-0.05, 0) is 12.2 Å². The topological polar surface area (TPSA) is 51.8 Å². The molecule has 0 aromatic heterocycles. The fourth-order valence-corrected chi connectivity index (χ4v) is 2.89. The fraction of sp³-hybridized carbons (Fsp3) is 0.0500. The number of aliphatic imine (C=N–C) groups is 1. The molecule has 4 rings (SSSR count). The molecule has 0 unspecified atom stereocenters. The van der Waals surface area contributed by atoms with Crippen molar-refractivity contribution in [2.24, 2.45) is 10.1 Å². The molecule has 24 heavy (non-hydrogen) atoms. The average Bonchev–Trinajstić information content (AvgIpc) is 2.68. The first kappa shape index (κ1) is 14.2. The summed E-state index contributed by atoms with van der Waals surface area (Å²) in [6.45, 7) is 0. The molecule has 2 aliphatic rings. The lowest BCUT2D eigenvalue weighted by Crippen LogP contribution is -2.42. The van der Waals surface area contributed by atoms with Crippen molar-refractivity contribution in [2.75, 3.05) is 0 Å². The zero-order valence-corrected chi connectivity index (χ0v) is 12.9. The van der Waals surface area contributed by atoms with E-state index in [1.807, 2.05) is 85.1 Å². The van der Waals surface area contributed by atoms with Gasteiger partial charge in [0.15, 0.2) is 5.84 Å². The van der Waals surface area contributed by atoms with Crippen molar-refractivity contribution in [3.8, 4) is 6.07 Å². The lowest BCUT2D eigenvalue weighted by molar-refractivity contribution is 0.554. The van der Waals surface area contributed by atoms with Crippen LogP contribution in [0.3, 0.4) is 0 Å². The van der Waals surface area contributed by atoms with Crippen LogP contribution in [0.5, 0.6) is 0 Å². The molecule has 0 aliphatic carbocycles. The second-order valence-electron chi connectivity index (χ2n) is 5.52. The van der Waals surface area contributed by atoms with Gasteiger partial charge in [-0.2, -0.15) is 10.4 Å². The Morgan fingerprint density at radius 1 is 0.917 bits per heavy atom. The predicted molar refractivity (Wildman–Crippen MR) is 94.3 cm³/mol. The summed E-state index contributed by atoms with van der Waals surface area (Å²) in [7, 11) is 0. The summed E-state index contributed by atoms with van der Waals surface area (Å²) in [5, 5.41) is 16.6. The Bertz CT molecular complexity index is 917. The molecule has 0 N–H and O–H groups in total. The molecule has 0 fully saturated rings. The Morgan fingerprint density at radius 3 is 2.33 bits per heavy atom. The largest absolute Gasteiger partial charge is 0.233 e. The Labute approximate surface area is 140 Å². The lowest BCUT2D eigenvalue weighted by atomic mass is 9.83. The quantitative estimate of drug-likeness (QED) is 0.851. The van der Waals surface area contributed by atoms with E-state index in [0.29, 0.717) is 11.5 Å². The van der Waals surface area contributed by atoms with E-state index in [0.717, 1.165) is 11.1 Å². The van der Waals surface area contributed by atoms with Crippen LogP contribution in [0.4, 0.5) is 0 Å². The standard InChI is InChI=1S/C20H14N4/c21-15-20(17-11-5-2-6-12-17)19(16-9-3-1-4-10-16)23-24-14-8-7-13-18(24)22-20/h1-14H/t20-/m0/s1. The number of allylic oxidation sites excluding steroid dienone is 2. The van der Waals surface area contributed by atoms with Crippen LogP contribution < -0.4 is 0 Å². The predicted octanol–water partition coefficient (Wildman–Crippen LogP) is 3.61. The number of hydrazone groups is 1. The van der Waals surface area contributed by atoms with Gasteiger partial charge in [0.25, 0.3) is 0 Å². The normalized spacial score (nSPS) is 21.5. The van der Waals surface area contributed by atoms with Crippen LogP contribution in [0, 0.1) is 11.3 Å². The van der Waals surface area contributed by atoms with Crippen molar-refractivity contribution in [3.63, 3.8) is 0 Å². The van der Waals surface area contributed by atoms with Gasteiger partial charge in [0, 0.05) is 17.3 Å². The summed E-state index contributed by atoms with van der Waals surface area (Å²) in [5.41, 5.74) is 1.16. The number of rotatable bonds is 2. The summed E-state index contributed by atoms with van der Waals surface area (Å²) in [5.74, 6) is 0.655. The maximum absolute atomic E-state index is 10.1. The van der Waals surface area contributed by atoms with Gasteiger partial charge in [-0.3, -0.25) is 0 Å². The van der Waals surface area contributed by atoms with Crippen LogP contribution in [0.15, 0.2) is 95.2 Å². The lowest BCUT2D eigenvalue weighted by Gasteiger charge is -2.33. The number of fused-ring (bicyclic) bond motifs is 1. The Kier molecular flexibility index (Phi) is 3.33. The third-order valence-electron chi connectivity index (χ3n) is 4.05. The monoisotopic (exact) mass is 310 g/mol. The highest BCUT2D eigenvalue weighted by molar-refractivity contribution is 6.14. The first-order chi connectivity index (χ1) is 11.8. The van der Waals surface area contributed by atoms with Crippen LogP contribution in [0.25, 0.3) is 0 Å². The number of hydrogen-bond acceptors (Lipinski definition) is 4. The highest BCUT2D eigenvalue weighted by atomic mass is 15.5. The van der Waals surface area contributed by atoms with E-state index in [-0.39, 0.29) is 0 Å². The molecule has 2 aromatic rings. The van der Waals surface area contributed by atoms with Crippen molar-refractivity contribution in [1.29, 1.82) is 5.26 Å². The summed E-state index contributed by atoms with van der Waals surface area (Å²) >= 11 is 0. The minimum atomic E-state index is -1.16. The van der Waals surface area contributed by atoms with E-state index in [1.54, 1.807) is 5.01 Å². The highest BCUT2D eigenvalue weighted by Gasteiger charge is 2.42. The molecule has 2 aromatic carbocycles. The van der Waals surface area contributed by atoms with Gasteiger partial charge >= 0.3 is 0 Å². The van der Waals surface area contributed by atoms with E-state index >= 15 is 0 Å². The van der Waals surface area contributed by atoms with Crippen LogP contribution in [-0.4, -0.2) is 16.6 Å². The summed E-state index contributed by atoms with van der Waals surface area (Å²) in [6.07, 6.45) is 7.49. The second-order valence-corrected chi connectivity index (χ2v) is 5.52. The van der Waals surface area contributed by atoms with Crippen LogP contribution in [0.1, 0.15) is 11.1 Å². The number of amidine groups is 1. The number of benzene rings is 2. The second kappa shape index (κ2) is 5.64. The van der Waals surface area contributed by atoms with Gasteiger partial charge < -0.3 is 0 Å². The zero-order chi connectivity index (χ0) is 16.4. The molecule has 0 radical (unpaired) electrons. The third kappa shape index (κ3) is 2.15. The Hall–Kier alpha value is -3.45. The van der Waals surface area contributed by atoms with Gasteiger partial charge in [-0.25, -0.2) is 10.0 Å². The first-order valence-corrected chi connectivity index (χ1v) is 7.69. The summed E-state index contributed by atoms with van der Waals surface area (Å²) in [4.78, 5) is 4.79. The minimum absolute atomic E-state index is 0.625. The van der Waals surface area contributed by atoms with Gasteiger partial charge in [0.05, 0.1) is 0 Å². The Morgan fingerprint density at radius 2 is 1.62 bits per heavy atom. The summed E-state index contributed by atoms with van der Waals surface area (Å²) in [6, 6.07) is 21.8. The fourth-order valence-electron chi connectivity index (χ4n) is 2.89. The van der Waals surface area contributed by atoms with Crippen molar-refractivity contribution < 1.29 is 0 Å². The minimum Gasteiger partial charge on any atom is -0.233 e. The van der Waals surface area contributed by atoms with E-state index in [1.165, 1.54) is 0 Å². The van der Waals surface area contributed by atoms with Gasteiger partial charge in [0.1, 0.15) is 11.8 Å². The smallest absolute Gasteiger partial charge is 0.218 e. The van der Waals surface area contributed by atoms with E-state index < -0.39 is 5.54 Å². The number of hydrogen-bond donors (Lipinski definition) is 0. The summed E-state index contributed by atoms with van der Waals surface area (Å²) < 4.78 is 0. The molecular formula is C20H14N4. The van der Waals surface area contributed by atoms with Crippen molar-refractivity contribution in [2.45, 2.75) is 5.54 Å². The molecule has 4 heteroatoms. The van der Waals surface area contributed by atoms with Gasteiger partial charge in [-0.15, -0.1) is 0 Å². The molecule has 2 heterocycles. The van der Waals surface area contributed by atoms with E-state index in [2.05, 4.69) is 6.07 Å². The highest BCUT2D eigenvalue weighted by Crippen LogP contribution is 2.34. The molecular weight excluding hydrogens is 296 g/mol. The number of nitrogens with zero attached hydrogens (tertiary/aromatic N) is 4. The van der Waals surface area contributed by atoms with Crippen molar-refractivity contribution >= 4 is 11.5 Å². The van der Waals surface area contributed by atoms with Crippen LogP contribution in [-0.2, 0) is 5.54 Å². The molecule has 0 saturated heterocycles. The zero-order valence-electron chi connectivity index (χ0n) is 12.9. The molecule has 0 bridgehead atoms. The molecule has 114 valence electrons. The molecule has 0 spiro atoms. The molecule has 2 aliphatic heterocycles. The maximum Gasteiger partial charge on any atom is 0.218 e.